The molecular weight excluding hydrogens is 404 g/mol. The highest BCUT2D eigenvalue weighted by Gasteiger charge is 2.45. The highest BCUT2D eigenvalue weighted by Crippen LogP contribution is 2.40. The molecule has 0 radical (unpaired) electrons. The molecule has 0 spiro atoms. The molecule has 4 aliphatic rings. The predicted molar refractivity (Wildman–Crippen MR) is 125 cm³/mol. The molecule has 8 nitrogen and oxygen atoms in total. The smallest absolute Gasteiger partial charge is 0.272 e. The van der Waals surface area contributed by atoms with Gasteiger partial charge in [0, 0.05) is 44.3 Å². The van der Waals surface area contributed by atoms with Gasteiger partial charge in [-0.15, -0.1) is 0 Å². The minimum Gasteiger partial charge on any atom is -0.472 e. The number of likely N-dealkylation sites (N-methyl/N-ethyl adjacent to an activating group) is 1. The second-order valence-corrected chi connectivity index (χ2v) is 10.6. The van der Waals surface area contributed by atoms with E-state index in [1.54, 1.807) is 6.20 Å². The van der Waals surface area contributed by atoms with Gasteiger partial charge in [0.1, 0.15) is 0 Å². The molecule has 2 aliphatic heterocycles. The molecule has 3 heterocycles. The maximum Gasteiger partial charge on any atom is 0.272 e. The minimum atomic E-state index is -0.879. The highest BCUT2D eigenvalue weighted by atomic mass is 16.5. The van der Waals surface area contributed by atoms with Gasteiger partial charge in [0.05, 0.1) is 6.20 Å². The number of anilines is 2. The largest absolute Gasteiger partial charge is 0.472 e. The van der Waals surface area contributed by atoms with Crippen molar-refractivity contribution >= 4 is 17.7 Å². The SMILES string of the molecule is CN1CCN(C2CCC(Nc3ncc4c(n3)N(C3CCCC3)C(=O)C(C)(C)O4)CC2)CC1. The monoisotopic (exact) mass is 442 g/mol. The summed E-state index contributed by atoms with van der Waals surface area (Å²) < 4.78 is 6.00. The molecule has 32 heavy (non-hydrogen) atoms. The molecule has 176 valence electrons. The van der Waals surface area contributed by atoms with E-state index in [2.05, 4.69) is 27.1 Å². The number of carbonyl (C=O) groups is 1. The van der Waals surface area contributed by atoms with Crippen molar-refractivity contribution in [1.82, 2.24) is 19.8 Å². The van der Waals surface area contributed by atoms with Crippen LogP contribution < -0.4 is 15.0 Å². The summed E-state index contributed by atoms with van der Waals surface area (Å²) in [4.78, 5) is 29.6. The molecule has 0 bridgehead atoms. The summed E-state index contributed by atoms with van der Waals surface area (Å²) in [5.74, 6) is 1.89. The lowest BCUT2D eigenvalue weighted by atomic mass is 9.90. The normalized spacial score (nSPS) is 29.6. The molecule has 0 unspecified atom stereocenters. The second kappa shape index (κ2) is 8.78. The Morgan fingerprint density at radius 3 is 2.38 bits per heavy atom. The van der Waals surface area contributed by atoms with Crippen molar-refractivity contribution in [2.75, 3.05) is 43.4 Å². The lowest BCUT2D eigenvalue weighted by molar-refractivity contribution is -0.133. The van der Waals surface area contributed by atoms with Crippen LogP contribution in [-0.2, 0) is 4.79 Å². The average molecular weight is 443 g/mol. The molecule has 2 aliphatic carbocycles. The molecule has 1 aromatic rings. The lowest BCUT2D eigenvalue weighted by Crippen LogP contribution is -2.56. The van der Waals surface area contributed by atoms with Crippen molar-refractivity contribution in [2.24, 2.45) is 0 Å². The van der Waals surface area contributed by atoms with Crippen LogP contribution >= 0.6 is 0 Å². The van der Waals surface area contributed by atoms with Crippen LogP contribution in [0.4, 0.5) is 11.8 Å². The van der Waals surface area contributed by atoms with Crippen LogP contribution in [0.25, 0.3) is 0 Å². The first-order valence-electron chi connectivity index (χ1n) is 12.5. The first kappa shape index (κ1) is 21.9. The number of ether oxygens (including phenoxy) is 1. The Hall–Kier alpha value is -1.93. The molecular formula is C24H38N6O2. The number of hydrogen-bond donors (Lipinski definition) is 1. The first-order valence-corrected chi connectivity index (χ1v) is 12.5. The number of piperazine rings is 1. The van der Waals surface area contributed by atoms with E-state index in [1.165, 1.54) is 39.0 Å². The minimum absolute atomic E-state index is 0.00855. The lowest BCUT2D eigenvalue weighted by Gasteiger charge is -2.41. The molecule has 3 fully saturated rings. The van der Waals surface area contributed by atoms with E-state index in [-0.39, 0.29) is 11.9 Å². The van der Waals surface area contributed by atoms with Crippen molar-refractivity contribution < 1.29 is 9.53 Å². The maximum absolute atomic E-state index is 13.2. The molecule has 0 atom stereocenters. The fourth-order valence-corrected chi connectivity index (χ4v) is 5.84. The Labute approximate surface area is 191 Å². The summed E-state index contributed by atoms with van der Waals surface area (Å²) in [5, 5.41) is 3.57. The number of amides is 1. The van der Waals surface area contributed by atoms with Gasteiger partial charge in [0.15, 0.2) is 17.2 Å². The van der Waals surface area contributed by atoms with Crippen LogP contribution in [0.2, 0.25) is 0 Å². The molecule has 0 aromatic carbocycles. The average Bonchev–Trinajstić information content (AvgIpc) is 3.30. The fourth-order valence-electron chi connectivity index (χ4n) is 5.84. The number of nitrogens with zero attached hydrogens (tertiary/aromatic N) is 5. The van der Waals surface area contributed by atoms with Gasteiger partial charge in [-0.05, 0) is 59.4 Å². The predicted octanol–water partition coefficient (Wildman–Crippen LogP) is 2.89. The number of rotatable bonds is 4. The Kier molecular flexibility index (Phi) is 6.01. The van der Waals surface area contributed by atoms with Crippen LogP contribution in [0, 0.1) is 0 Å². The van der Waals surface area contributed by atoms with E-state index in [4.69, 9.17) is 9.72 Å². The van der Waals surface area contributed by atoms with Gasteiger partial charge in [-0.2, -0.15) is 4.98 Å². The fraction of sp³-hybridized carbons (Fsp3) is 0.792. The van der Waals surface area contributed by atoms with Crippen LogP contribution in [0.1, 0.15) is 65.2 Å². The van der Waals surface area contributed by atoms with E-state index in [0.29, 0.717) is 29.6 Å². The first-order chi connectivity index (χ1) is 15.4. The van der Waals surface area contributed by atoms with Crippen molar-refractivity contribution in [1.29, 1.82) is 0 Å². The number of aromatic nitrogens is 2. The van der Waals surface area contributed by atoms with E-state index >= 15 is 0 Å². The molecule has 1 aromatic heterocycles. The number of carbonyl (C=O) groups excluding carboxylic acids is 1. The summed E-state index contributed by atoms with van der Waals surface area (Å²) in [7, 11) is 2.21. The van der Waals surface area contributed by atoms with E-state index in [0.717, 1.165) is 38.5 Å². The Morgan fingerprint density at radius 1 is 1.00 bits per heavy atom. The van der Waals surface area contributed by atoms with Gasteiger partial charge in [-0.3, -0.25) is 14.6 Å². The maximum atomic E-state index is 13.2. The molecule has 5 rings (SSSR count). The van der Waals surface area contributed by atoms with E-state index in [9.17, 15) is 4.79 Å². The molecule has 1 N–H and O–H groups in total. The third-order valence-corrected chi connectivity index (χ3v) is 7.84. The summed E-state index contributed by atoms with van der Waals surface area (Å²) in [5.41, 5.74) is -0.879. The molecule has 8 heteroatoms. The third kappa shape index (κ3) is 4.31. The van der Waals surface area contributed by atoms with Crippen molar-refractivity contribution in [3.8, 4) is 5.75 Å². The zero-order chi connectivity index (χ0) is 22.3. The molecule has 2 saturated carbocycles. The van der Waals surface area contributed by atoms with E-state index < -0.39 is 5.60 Å². The number of fused-ring (bicyclic) bond motifs is 1. The second-order valence-electron chi connectivity index (χ2n) is 10.6. The summed E-state index contributed by atoms with van der Waals surface area (Å²) >= 11 is 0. The van der Waals surface area contributed by atoms with Gasteiger partial charge >= 0.3 is 0 Å². The van der Waals surface area contributed by atoms with Gasteiger partial charge in [-0.1, -0.05) is 12.8 Å². The topological polar surface area (TPSA) is 73.8 Å². The Balaban J connectivity index is 1.26. The summed E-state index contributed by atoms with van der Waals surface area (Å²) in [6.07, 6.45) is 10.8. The van der Waals surface area contributed by atoms with Gasteiger partial charge < -0.3 is 15.0 Å². The number of hydrogen-bond acceptors (Lipinski definition) is 7. The van der Waals surface area contributed by atoms with Crippen LogP contribution in [0.3, 0.4) is 0 Å². The summed E-state index contributed by atoms with van der Waals surface area (Å²) in [6, 6.07) is 1.30. The molecule has 1 saturated heterocycles. The van der Waals surface area contributed by atoms with Crippen molar-refractivity contribution in [3.63, 3.8) is 0 Å². The Bertz CT molecular complexity index is 824. The van der Waals surface area contributed by atoms with E-state index in [1.807, 2.05) is 18.7 Å². The van der Waals surface area contributed by atoms with Crippen molar-refractivity contribution in [2.45, 2.75) is 88.9 Å². The number of nitrogens with one attached hydrogen (secondary N) is 1. The quantitative estimate of drug-likeness (QED) is 0.769. The van der Waals surface area contributed by atoms with Crippen LogP contribution in [-0.4, -0.2) is 82.6 Å². The van der Waals surface area contributed by atoms with Crippen LogP contribution in [0.5, 0.6) is 5.75 Å². The summed E-state index contributed by atoms with van der Waals surface area (Å²) in [6.45, 7) is 8.41. The zero-order valence-corrected chi connectivity index (χ0v) is 19.8. The van der Waals surface area contributed by atoms with Crippen LogP contribution in [0.15, 0.2) is 6.20 Å². The Morgan fingerprint density at radius 2 is 1.69 bits per heavy atom. The van der Waals surface area contributed by atoms with Gasteiger partial charge in [0.2, 0.25) is 5.95 Å². The van der Waals surface area contributed by atoms with Gasteiger partial charge in [0.25, 0.3) is 5.91 Å². The highest BCUT2D eigenvalue weighted by molar-refractivity contribution is 6.02. The standard InChI is InChI=1S/C24H38N6O2/c1-24(2)22(31)30(19-6-4-5-7-19)21-20(32-24)16-25-23(27-21)26-17-8-10-18(11-9-17)29-14-12-28(3)13-15-29/h16-19H,4-15H2,1-3H3,(H,25,26,27). The molecule has 1 amide bonds. The van der Waals surface area contributed by atoms with Crippen molar-refractivity contribution in [3.05, 3.63) is 6.20 Å². The third-order valence-electron chi connectivity index (χ3n) is 7.84. The van der Waals surface area contributed by atoms with Gasteiger partial charge in [-0.25, -0.2) is 4.98 Å². The zero-order valence-electron chi connectivity index (χ0n) is 19.8.